The zero-order chi connectivity index (χ0) is 17.4. The highest BCUT2D eigenvalue weighted by molar-refractivity contribution is 7.99. The second-order valence-electron chi connectivity index (χ2n) is 5.53. The lowest BCUT2D eigenvalue weighted by atomic mass is 10.1. The third-order valence-electron chi connectivity index (χ3n) is 4.11. The van der Waals surface area contributed by atoms with E-state index in [2.05, 4.69) is 20.0 Å². The molecule has 9 heteroatoms. The van der Waals surface area contributed by atoms with Gasteiger partial charge in [-0.05, 0) is 0 Å². The fourth-order valence-corrected chi connectivity index (χ4v) is 3.85. The van der Waals surface area contributed by atoms with Crippen molar-refractivity contribution >= 4 is 23.4 Å². The van der Waals surface area contributed by atoms with Crippen LogP contribution < -0.4 is 9.64 Å². The smallest absolute Gasteiger partial charge is 0.254 e. The van der Waals surface area contributed by atoms with E-state index in [1.807, 2.05) is 11.8 Å². The van der Waals surface area contributed by atoms with Crippen molar-refractivity contribution in [1.29, 1.82) is 0 Å². The molecule has 0 atom stereocenters. The molecular weight excluding hydrogens is 348 g/mol. The van der Waals surface area contributed by atoms with Crippen molar-refractivity contribution in [1.82, 2.24) is 19.6 Å². The highest BCUT2D eigenvalue weighted by atomic mass is 32.2. The van der Waals surface area contributed by atoms with Gasteiger partial charge in [-0.1, -0.05) is 0 Å². The van der Waals surface area contributed by atoms with Gasteiger partial charge in [0.15, 0.2) is 0 Å². The standard InChI is InChI=1S/C16H15F2N5OS/c1-24-10-6-12(17)14(13(18)7-10)11-8-19-16-20-9-21-23(16)15(11)22-2-4-25-5-3-22/h6-9H,2-5H2,1H3. The van der Waals surface area contributed by atoms with E-state index >= 15 is 0 Å². The molecule has 25 heavy (non-hydrogen) atoms. The third kappa shape index (κ3) is 2.78. The number of rotatable bonds is 3. The SMILES string of the molecule is COc1cc(F)c(-c2cnc3ncnn3c2N2CCSCC2)c(F)c1. The summed E-state index contributed by atoms with van der Waals surface area (Å²) in [5.74, 6) is 1.59. The van der Waals surface area contributed by atoms with Crippen LogP contribution in [-0.2, 0) is 0 Å². The number of benzene rings is 1. The van der Waals surface area contributed by atoms with Crippen molar-refractivity contribution in [2.24, 2.45) is 0 Å². The molecule has 0 radical (unpaired) electrons. The van der Waals surface area contributed by atoms with Gasteiger partial charge in [-0.3, -0.25) is 0 Å². The lowest BCUT2D eigenvalue weighted by molar-refractivity contribution is 0.407. The summed E-state index contributed by atoms with van der Waals surface area (Å²) in [5.41, 5.74) is 0.210. The highest BCUT2D eigenvalue weighted by Gasteiger charge is 2.25. The molecular formula is C16H15F2N5OS. The number of fused-ring (bicyclic) bond motifs is 1. The fourth-order valence-electron chi connectivity index (χ4n) is 2.95. The number of ether oxygens (including phenoxy) is 1. The third-order valence-corrected chi connectivity index (χ3v) is 5.05. The molecule has 0 spiro atoms. The normalized spacial score (nSPS) is 14.9. The van der Waals surface area contributed by atoms with E-state index in [9.17, 15) is 8.78 Å². The second kappa shape index (κ2) is 6.47. The zero-order valence-electron chi connectivity index (χ0n) is 13.4. The maximum Gasteiger partial charge on any atom is 0.254 e. The quantitative estimate of drug-likeness (QED) is 0.713. The van der Waals surface area contributed by atoms with Gasteiger partial charge in [0.1, 0.15) is 29.5 Å². The maximum absolute atomic E-state index is 14.6. The topological polar surface area (TPSA) is 55.6 Å². The van der Waals surface area contributed by atoms with Crippen LogP contribution in [0.5, 0.6) is 5.75 Å². The van der Waals surface area contributed by atoms with Gasteiger partial charge >= 0.3 is 0 Å². The van der Waals surface area contributed by atoms with Gasteiger partial charge < -0.3 is 9.64 Å². The first kappa shape index (κ1) is 16.1. The molecule has 4 rings (SSSR count). The first-order valence-corrected chi connectivity index (χ1v) is 8.89. The molecule has 0 bridgehead atoms. The van der Waals surface area contributed by atoms with Crippen molar-refractivity contribution < 1.29 is 13.5 Å². The Bertz CT molecular complexity index is 903. The Balaban J connectivity index is 1.96. The van der Waals surface area contributed by atoms with Crippen LogP contribution >= 0.6 is 11.8 Å². The van der Waals surface area contributed by atoms with Crippen molar-refractivity contribution in [2.45, 2.75) is 0 Å². The summed E-state index contributed by atoms with van der Waals surface area (Å²) in [7, 11) is 1.37. The molecule has 130 valence electrons. The average molecular weight is 363 g/mol. The number of thioether (sulfide) groups is 1. The van der Waals surface area contributed by atoms with Gasteiger partial charge in [0.25, 0.3) is 5.78 Å². The number of aromatic nitrogens is 4. The molecule has 0 unspecified atom stereocenters. The fraction of sp³-hybridized carbons (Fsp3) is 0.312. The predicted octanol–water partition coefficient (Wildman–Crippen LogP) is 2.63. The van der Waals surface area contributed by atoms with E-state index in [0.717, 1.165) is 24.6 Å². The molecule has 6 nitrogen and oxygen atoms in total. The lowest BCUT2D eigenvalue weighted by Crippen LogP contribution is -2.34. The van der Waals surface area contributed by atoms with Crippen molar-refractivity contribution in [2.75, 3.05) is 36.6 Å². The number of anilines is 1. The van der Waals surface area contributed by atoms with Crippen LogP contribution in [0.1, 0.15) is 0 Å². The van der Waals surface area contributed by atoms with Crippen molar-refractivity contribution in [3.8, 4) is 16.9 Å². The predicted molar refractivity (Wildman–Crippen MR) is 92.2 cm³/mol. The van der Waals surface area contributed by atoms with Gasteiger partial charge in [0, 0.05) is 48.5 Å². The summed E-state index contributed by atoms with van der Waals surface area (Å²) in [6.07, 6.45) is 2.84. The largest absolute Gasteiger partial charge is 0.497 e. The van der Waals surface area contributed by atoms with Crippen LogP contribution in [0.15, 0.2) is 24.7 Å². The molecule has 0 amide bonds. The van der Waals surface area contributed by atoms with E-state index in [0.29, 0.717) is 17.2 Å². The van der Waals surface area contributed by atoms with Crippen molar-refractivity contribution in [3.63, 3.8) is 0 Å². The molecule has 0 saturated carbocycles. The molecule has 0 N–H and O–H groups in total. The first-order chi connectivity index (χ1) is 12.2. The molecule has 2 aromatic heterocycles. The number of nitrogens with zero attached hydrogens (tertiary/aromatic N) is 5. The van der Waals surface area contributed by atoms with E-state index in [-0.39, 0.29) is 11.3 Å². The zero-order valence-corrected chi connectivity index (χ0v) is 14.3. The van der Waals surface area contributed by atoms with Crippen LogP contribution in [0.3, 0.4) is 0 Å². The Labute approximate surface area is 146 Å². The van der Waals surface area contributed by atoms with Gasteiger partial charge in [-0.15, -0.1) is 0 Å². The monoisotopic (exact) mass is 363 g/mol. The molecule has 0 aliphatic carbocycles. The van der Waals surface area contributed by atoms with Gasteiger partial charge in [0.05, 0.1) is 12.7 Å². The van der Waals surface area contributed by atoms with Gasteiger partial charge in [0.2, 0.25) is 0 Å². The Morgan fingerprint density at radius 3 is 2.52 bits per heavy atom. The van der Waals surface area contributed by atoms with Crippen LogP contribution in [0.2, 0.25) is 0 Å². The number of methoxy groups -OCH3 is 1. The lowest BCUT2D eigenvalue weighted by Gasteiger charge is -2.30. The van der Waals surface area contributed by atoms with Crippen LogP contribution in [0.4, 0.5) is 14.6 Å². The number of hydrogen-bond donors (Lipinski definition) is 0. The Kier molecular flexibility index (Phi) is 4.16. The molecule has 1 aliphatic rings. The minimum absolute atomic E-state index is 0.129. The van der Waals surface area contributed by atoms with E-state index in [1.54, 1.807) is 0 Å². The number of halogens is 2. The highest BCUT2D eigenvalue weighted by Crippen LogP contribution is 2.36. The number of hydrogen-bond acceptors (Lipinski definition) is 6. The maximum atomic E-state index is 14.6. The van der Waals surface area contributed by atoms with Crippen LogP contribution in [0.25, 0.3) is 16.9 Å². The minimum atomic E-state index is -0.703. The summed E-state index contributed by atoms with van der Waals surface area (Å²) in [6, 6.07) is 2.33. The molecule has 3 heterocycles. The van der Waals surface area contributed by atoms with E-state index in [4.69, 9.17) is 4.74 Å². The van der Waals surface area contributed by atoms with E-state index < -0.39 is 11.6 Å². The Morgan fingerprint density at radius 2 is 1.84 bits per heavy atom. The second-order valence-corrected chi connectivity index (χ2v) is 6.76. The van der Waals surface area contributed by atoms with E-state index in [1.165, 1.54) is 36.3 Å². The molecule has 1 fully saturated rings. The minimum Gasteiger partial charge on any atom is -0.497 e. The summed E-state index contributed by atoms with van der Waals surface area (Å²) in [4.78, 5) is 10.3. The van der Waals surface area contributed by atoms with Gasteiger partial charge in [-0.25, -0.2) is 13.8 Å². The molecule has 3 aromatic rings. The average Bonchev–Trinajstić information content (AvgIpc) is 3.10. The summed E-state index contributed by atoms with van der Waals surface area (Å²) >= 11 is 1.85. The summed E-state index contributed by atoms with van der Waals surface area (Å²) in [6.45, 7) is 1.52. The van der Waals surface area contributed by atoms with Crippen LogP contribution in [-0.4, -0.2) is 51.3 Å². The molecule has 1 aliphatic heterocycles. The summed E-state index contributed by atoms with van der Waals surface area (Å²) < 4.78 is 35.8. The first-order valence-electron chi connectivity index (χ1n) is 7.74. The van der Waals surface area contributed by atoms with Crippen LogP contribution in [0, 0.1) is 11.6 Å². The molecule has 1 saturated heterocycles. The molecule has 1 aromatic carbocycles. The Morgan fingerprint density at radius 1 is 1.12 bits per heavy atom. The summed E-state index contributed by atoms with van der Waals surface area (Å²) in [5, 5.41) is 4.20. The van der Waals surface area contributed by atoms with Crippen molar-refractivity contribution in [3.05, 3.63) is 36.3 Å². The Hall–Kier alpha value is -2.42. The van der Waals surface area contributed by atoms with Gasteiger partial charge in [-0.2, -0.15) is 26.4 Å².